The van der Waals surface area contributed by atoms with Gasteiger partial charge in [-0.2, -0.15) is 0 Å². The molecule has 2 aliphatic rings. The second-order valence-corrected chi connectivity index (χ2v) is 4.76. The maximum absolute atomic E-state index is 12.0. The molecule has 0 bridgehead atoms. The van der Waals surface area contributed by atoms with Gasteiger partial charge in [-0.05, 0) is 25.8 Å². The summed E-state index contributed by atoms with van der Waals surface area (Å²) in [5, 5.41) is 6.00. The van der Waals surface area contributed by atoms with E-state index in [0.717, 1.165) is 24.2 Å². The molecule has 1 saturated carbocycles. The Kier molecular flexibility index (Phi) is 3.11. The van der Waals surface area contributed by atoms with Crippen LogP contribution in [0, 0.1) is 0 Å². The van der Waals surface area contributed by atoms with Gasteiger partial charge in [0.15, 0.2) is 12.0 Å². The summed E-state index contributed by atoms with van der Waals surface area (Å²) in [7, 11) is 0. The Morgan fingerprint density at radius 2 is 2.21 bits per heavy atom. The molecule has 19 heavy (non-hydrogen) atoms. The highest BCUT2D eigenvalue weighted by atomic mass is 16.5. The number of hydrogen-bond donors (Lipinski definition) is 2. The Balaban J connectivity index is 1.84. The van der Waals surface area contributed by atoms with Gasteiger partial charge in [-0.1, -0.05) is 18.2 Å². The van der Waals surface area contributed by atoms with E-state index >= 15 is 0 Å². The summed E-state index contributed by atoms with van der Waals surface area (Å²) >= 11 is 0. The topological polar surface area (TPSA) is 62.7 Å². The second-order valence-electron chi connectivity index (χ2n) is 4.76. The van der Waals surface area contributed by atoms with Crippen LogP contribution in [0.25, 0.3) is 0 Å². The zero-order chi connectivity index (χ0) is 13.2. The van der Waals surface area contributed by atoms with Crippen molar-refractivity contribution in [3.63, 3.8) is 0 Å². The SMILES string of the molecule is CCOc1ccccc1C1N=C(NC2CC2)NC1=O. The maximum Gasteiger partial charge on any atom is 0.256 e. The van der Waals surface area contributed by atoms with Gasteiger partial charge in [0.1, 0.15) is 5.75 Å². The van der Waals surface area contributed by atoms with Gasteiger partial charge in [0.05, 0.1) is 6.61 Å². The van der Waals surface area contributed by atoms with Crippen molar-refractivity contribution in [2.24, 2.45) is 4.99 Å². The van der Waals surface area contributed by atoms with Crippen molar-refractivity contribution in [1.82, 2.24) is 10.6 Å². The molecule has 0 radical (unpaired) electrons. The number of rotatable bonds is 4. The lowest BCUT2D eigenvalue weighted by Gasteiger charge is -2.11. The molecule has 1 heterocycles. The van der Waals surface area contributed by atoms with Gasteiger partial charge in [0.25, 0.3) is 5.91 Å². The summed E-state index contributed by atoms with van der Waals surface area (Å²) < 4.78 is 5.56. The zero-order valence-electron chi connectivity index (χ0n) is 10.8. The Bertz CT molecular complexity index is 523. The summed E-state index contributed by atoms with van der Waals surface area (Å²) in [6, 6.07) is 7.51. The standard InChI is InChI=1S/C14H17N3O2/c1-2-19-11-6-4-3-5-10(11)12-13(18)17-14(16-12)15-9-7-8-9/h3-6,9,12H,2,7-8H2,1H3,(H2,15,16,17,18). The van der Waals surface area contributed by atoms with Crippen LogP contribution in [0.1, 0.15) is 31.4 Å². The number of ether oxygens (including phenoxy) is 1. The Morgan fingerprint density at radius 3 is 2.95 bits per heavy atom. The number of benzene rings is 1. The highest BCUT2D eigenvalue weighted by Crippen LogP contribution is 2.30. The molecule has 3 rings (SSSR count). The third-order valence-corrected chi connectivity index (χ3v) is 3.18. The molecular weight excluding hydrogens is 242 g/mol. The van der Waals surface area contributed by atoms with E-state index in [-0.39, 0.29) is 5.91 Å². The van der Waals surface area contributed by atoms with Crippen molar-refractivity contribution >= 4 is 11.9 Å². The summed E-state index contributed by atoms with van der Waals surface area (Å²) in [5.74, 6) is 1.21. The predicted octanol–water partition coefficient (Wildman–Crippen LogP) is 1.36. The fourth-order valence-electron chi connectivity index (χ4n) is 2.10. The summed E-state index contributed by atoms with van der Waals surface area (Å²) in [4.78, 5) is 16.4. The van der Waals surface area contributed by atoms with Crippen LogP contribution in [0.15, 0.2) is 29.3 Å². The average molecular weight is 259 g/mol. The molecule has 5 nitrogen and oxygen atoms in total. The largest absolute Gasteiger partial charge is 0.493 e. The summed E-state index contributed by atoms with van der Waals surface area (Å²) in [5.41, 5.74) is 0.814. The fraction of sp³-hybridized carbons (Fsp3) is 0.429. The molecular formula is C14H17N3O2. The van der Waals surface area contributed by atoms with Crippen LogP contribution < -0.4 is 15.4 Å². The molecule has 0 spiro atoms. The number of guanidine groups is 1. The van der Waals surface area contributed by atoms with Crippen LogP contribution in [0.5, 0.6) is 5.75 Å². The van der Waals surface area contributed by atoms with Crippen molar-refractivity contribution in [2.75, 3.05) is 6.61 Å². The van der Waals surface area contributed by atoms with Crippen LogP contribution in [-0.4, -0.2) is 24.5 Å². The molecule has 100 valence electrons. The molecule has 1 aliphatic heterocycles. The minimum atomic E-state index is -0.510. The molecule has 1 aromatic rings. The third-order valence-electron chi connectivity index (χ3n) is 3.18. The number of aliphatic imine (C=N–C) groups is 1. The number of hydrogen-bond acceptors (Lipinski definition) is 4. The van der Waals surface area contributed by atoms with Gasteiger partial charge in [-0.15, -0.1) is 0 Å². The number of nitrogens with one attached hydrogen (secondary N) is 2. The first kappa shape index (κ1) is 12.0. The van der Waals surface area contributed by atoms with Crippen molar-refractivity contribution in [1.29, 1.82) is 0 Å². The third kappa shape index (κ3) is 2.54. The number of nitrogens with zero attached hydrogens (tertiary/aromatic N) is 1. The molecule has 1 amide bonds. The lowest BCUT2D eigenvalue weighted by molar-refractivity contribution is -0.120. The van der Waals surface area contributed by atoms with Gasteiger partial charge < -0.3 is 10.1 Å². The Morgan fingerprint density at radius 1 is 1.42 bits per heavy atom. The quantitative estimate of drug-likeness (QED) is 0.858. The van der Waals surface area contributed by atoms with Gasteiger partial charge in [0.2, 0.25) is 0 Å². The monoisotopic (exact) mass is 259 g/mol. The first-order chi connectivity index (χ1) is 9.28. The minimum Gasteiger partial charge on any atom is -0.493 e. The number of carbonyl (C=O) groups is 1. The van der Waals surface area contributed by atoms with Gasteiger partial charge >= 0.3 is 0 Å². The molecule has 1 aromatic carbocycles. The predicted molar refractivity (Wildman–Crippen MR) is 72.1 cm³/mol. The smallest absolute Gasteiger partial charge is 0.256 e. The number of para-hydroxylation sites is 1. The highest BCUT2D eigenvalue weighted by molar-refractivity contribution is 6.05. The lowest BCUT2D eigenvalue weighted by Crippen LogP contribution is -2.37. The normalized spacial score (nSPS) is 21.8. The first-order valence-corrected chi connectivity index (χ1v) is 6.65. The van der Waals surface area contributed by atoms with E-state index < -0.39 is 6.04 Å². The maximum atomic E-state index is 12.0. The molecule has 2 N–H and O–H groups in total. The van der Waals surface area contributed by atoms with E-state index in [4.69, 9.17) is 4.74 Å². The molecule has 0 aromatic heterocycles. The van der Waals surface area contributed by atoms with Gasteiger partial charge in [-0.3, -0.25) is 10.1 Å². The van der Waals surface area contributed by atoms with E-state index in [9.17, 15) is 4.79 Å². The van der Waals surface area contributed by atoms with Crippen molar-refractivity contribution < 1.29 is 9.53 Å². The summed E-state index contributed by atoms with van der Waals surface area (Å²) in [6.45, 7) is 2.50. The van der Waals surface area contributed by atoms with E-state index in [1.54, 1.807) is 0 Å². The Labute approximate surface area is 112 Å². The lowest BCUT2D eigenvalue weighted by atomic mass is 10.1. The second kappa shape index (κ2) is 4.91. The molecule has 1 atom stereocenters. The van der Waals surface area contributed by atoms with Crippen molar-refractivity contribution in [2.45, 2.75) is 31.8 Å². The molecule has 1 unspecified atom stereocenters. The fourth-order valence-corrected chi connectivity index (χ4v) is 2.10. The Hall–Kier alpha value is -2.04. The minimum absolute atomic E-state index is 0.102. The van der Waals surface area contributed by atoms with Crippen molar-refractivity contribution in [3.8, 4) is 5.75 Å². The molecule has 0 saturated heterocycles. The van der Waals surface area contributed by atoms with E-state index in [2.05, 4.69) is 15.6 Å². The van der Waals surface area contributed by atoms with Crippen LogP contribution >= 0.6 is 0 Å². The summed E-state index contributed by atoms with van der Waals surface area (Å²) in [6.07, 6.45) is 2.30. The van der Waals surface area contributed by atoms with Crippen LogP contribution in [0.4, 0.5) is 0 Å². The molecule has 5 heteroatoms. The highest BCUT2D eigenvalue weighted by Gasteiger charge is 2.32. The first-order valence-electron chi connectivity index (χ1n) is 6.65. The number of carbonyl (C=O) groups excluding carboxylic acids is 1. The molecule has 1 fully saturated rings. The van der Waals surface area contributed by atoms with Crippen LogP contribution in [-0.2, 0) is 4.79 Å². The van der Waals surface area contributed by atoms with E-state index in [1.165, 1.54) is 0 Å². The van der Waals surface area contributed by atoms with Crippen molar-refractivity contribution in [3.05, 3.63) is 29.8 Å². The van der Waals surface area contributed by atoms with E-state index in [0.29, 0.717) is 18.6 Å². The molecule has 1 aliphatic carbocycles. The van der Waals surface area contributed by atoms with Crippen LogP contribution in [0.2, 0.25) is 0 Å². The van der Waals surface area contributed by atoms with Gasteiger partial charge in [-0.25, -0.2) is 4.99 Å². The average Bonchev–Trinajstić information content (AvgIpc) is 3.13. The van der Waals surface area contributed by atoms with Gasteiger partial charge in [0, 0.05) is 11.6 Å². The van der Waals surface area contributed by atoms with Crippen LogP contribution in [0.3, 0.4) is 0 Å². The number of amides is 1. The van der Waals surface area contributed by atoms with E-state index in [1.807, 2.05) is 31.2 Å². The zero-order valence-corrected chi connectivity index (χ0v) is 10.8.